The smallest absolute Gasteiger partial charge is 0.248 e. The predicted octanol–water partition coefficient (Wildman–Crippen LogP) is 4.09. The molecular weight excluding hydrogens is 471 g/mol. The minimum absolute atomic E-state index is 0.206. The maximum Gasteiger partial charge on any atom is 0.248 e. The first-order chi connectivity index (χ1) is 18.0. The number of fused-ring (bicyclic) bond motifs is 3. The number of rotatable bonds is 13. The molecule has 190 valence electrons. The van der Waals surface area contributed by atoms with Crippen LogP contribution in [0.25, 0.3) is 21.7 Å². The molecule has 0 fully saturated rings. The Labute approximate surface area is 214 Å². The first kappa shape index (κ1) is 25.9. The fraction of sp³-hybridized carbons (Fsp3) is 0.286. The summed E-state index contributed by atoms with van der Waals surface area (Å²) in [6.07, 6.45) is 5.55. The Morgan fingerprint density at radius 3 is 2.73 bits per heavy atom. The number of halogens is 1. The van der Waals surface area contributed by atoms with E-state index in [0.29, 0.717) is 48.8 Å². The van der Waals surface area contributed by atoms with Gasteiger partial charge in [-0.2, -0.15) is 5.26 Å². The normalized spacial score (nSPS) is 11.0. The van der Waals surface area contributed by atoms with Crippen LogP contribution in [0.4, 0.5) is 10.2 Å². The minimum atomic E-state index is -0.494. The highest BCUT2D eigenvalue weighted by molar-refractivity contribution is 6.11. The third-order valence-corrected chi connectivity index (χ3v) is 5.94. The van der Waals surface area contributed by atoms with Crippen molar-refractivity contribution in [1.29, 1.82) is 5.26 Å². The number of benzene rings is 2. The van der Waals surface area contributed by atoms with Gasteiger partial charge in [0, 0.05) is 53.8 Å². The molecule has 0 spiro atoms. The fourth-order valence-electron chi connectivity index (χ4n) is 4.18. The quantitative estimate of drug-likeness (QED) is 0.186. The van der Waals surface area contributed by atoms with Gasteiger partial charge >= 0.3 is 0 Å². The molecule has 0 aliphatic rings. The van der Waals surface area contributed by atoms with Crippen LogP contribution in [0.2, 0.25) is 0 Å². The number of carbonyl (C=O) groups is 1. The Morgan fingerprint density at radius 1 is 1.03 bits per heavy atom. The molecule has 0 saturated carbocycles. The summed E-state index contributed by atoms with van der Waals surface area (Å²) in [5.74, 6) is -0.105. The molecule has 37 heavy (non-hydrogen) atoms. The number of nitrogens with two attached hydrogens (primary N) is 1. The third kappa shape index (κ3) is 6.97. The Bertz CT molecular complexity index is 1440. The molecule has 1 amide bonds. The lowest BCUT2D eigenvalue weighted by atomic mass is 10.1. The number of aromatic nitrogens is 2. The van der Waals surface area contributed by atoms with E-state index in [-0.39, 0.29) is 12.2 Å². The van der Waals surface area contributed by atoms with E-state index in [0.717, 1.165) is 41.1 Å². The van der Waals surface area contributed by atoms with Crippen molar-refractivity contribution >= 4 is 33.4 Å². The highest BCUT2D eigenvalue weighted by Crippen LogP contribution is 2.29. The van der Waals surface area contributed by atoms with Crippen molar-refractivity contribution in [3.05, 3.63) is 77.4 Å². The van der Waals surface area contributed by atoms with E-state index >= 15 is 0 Å². The van der Waals surface area contributed by atoms with Crippen LogP contribution in [0.1, 0.15) is 34.3 Å². The molecule has 0 aliphatic carbocycles. The molecule has 2 aromatic heterocycles. The number of anilines is 1. The molecule has 4 N–H and O–H groups in total. The molecule has 0 unspecified atom stereocenters. The van der Waals surface area contributed by atoms with Gasteiger partial charge in [-0.05, 0) is 60.8 Å². The summed E-state index contributed by atoms with van der Waals surface area (Å²) in [6.45, 7) is 3.08. The second-order valence-corrected chi connectivity index (χ2v) is 8.70. The number of carbonyl (C=O) groups excluding carboxylic acids is 1. The van der Waals surface area contributed by atoms with E-state index in [2.05, 4.69) is 15.6 Å². The molecular formula is C28H29FN6O2. The fourth-order valence-corrected chi connectivity index (χ4v) is 4.18. The van der Waals surface area contributed by atoms with Gasteiger partial charge in [0.05, 0.1) is 24.6 Å². The van der Waals surface area contributed by atoms with Crippen LogP contribution >= 0.6 is 0 Å². The van der Waals surface area contributed by atoms with Gasteiger partial charge in [-0.3, -0.25) is 9.78 Å². The molecule has 8 nitrogen and oxygen atoms in total. The SMILES string of the molecule is N#CCc1cc(F)cc(CNCCCCOCCNc2nc3cc(C(N)=O)ccc3c3cnccc23)c1. The Morgan fingerprint density at radius 2 is 1.89 bits per heavy atom. The van der Waals surface area contributed by atoms with Crippen molar-refractivity contribution in [2.24, 2.45) is 5.73 Å². The van der Waals surface area contributed by atoms with Crippen LogP contribution in [0.15, 0.2) is 54.9 Å². The average Bonchev–Trinajstić information content (AvgIpc) is 2.89. The van der Waals surface area contributed by atoms with E-state index in [1.165, 1.54) is 12.1 Å². The topological polar surface area (TPSA) is 126 Å². The summed E-state index contributed by atoms with van der Waals surface area (Å²) in [5, 5.41) is 18.2. The molecule has 0 aliphatic heterocycles. The van der Waals surface area contributed by atoms with Crippen molar-refractivity contribution in [2.75, 3.05) is 31.6 Å². The van der Waals surface area contributed by atoms with E-state index in [9.17, 15) is 9.18 Å². The zero-order chi connectivity index (χ0) is 26.0. The van der Waals surface area contributed by atoms with Crippen LogP contribution in [-0.4, -0.2) is 42.2 Å². The zero-order valence-electron chi connectivity index (χ0n) is 20.5. The van der Waals surface area contributed by atoms with Gasteiger partial charge in [0.2, 0.25) is 5.91 Å². The van der Waals surface area contributed by atoms with E-state index in [4.69, 9.17) is 20.7 Å². The third-order valence-electron chi connectivity index (χ3n) is 5.94. The van der Waals surface area contributed by atoms with E-state index in [1.54, 1.807) is 24.5 Å². The lowest BCUT2D eigenvalue weighted by Gasteiger charge is -2.12. The molecule has 0 atom stereocenters. The summed E-state index contributed by atoms with van der Waals surface area (Å²) in [5.41, 5.74) is 8.04. The molecule has 2 heterocycles. The maximum atomic E-state index is 13.6. The summed E-state index contributed by atoms with van der Waals surface area (Å²) < 4.78 is 19.4. The zero-order valence-corrected chi connectivity index (χ0v) is 20.5. The number of amides is 1. The van der Waals surface area contributed by atoms with Crippen LogP contribution in [0.3, 0.4) is 0 Å². The second kappa shape index (κ2) is 12.7. The number of hydrogen-bond acceptors (Lipinski definition) is 7. The average molecular weight is 501 g/mol. The second-order valence-electron chi connectivity index (χ2n) is 8.70. The van der Waals surface area contributed by atoms with Gasteiger partial charge in [0.25, 0.3) is 0 Å². The molecule has 4 aromatic rings. The van der Waals surface area contributed by atoms with Crippen LogP contribution in [0.5, 0.6) is 0 Å². The number of unbranched alkanes of at least 4 members (excludes halogenated alkanes) is 1. The van der Waals surface area contributed by atoms with Gasteiger partial charge < -0.3 is 21.1 Å². The van der Waals surface area contributed by atoms with E-state index < -0.39 is 5.91 Å². The Balaban J connectivity index is 1.20. The van der Waals surface area contributed by atoms with Gasteiger partial charge in [-0.15, -0.1) is 0 Å². The van der Waals surface area contributed by atoms with Gasteiger partial charge in [-0.25, -0.2) is 9.37 Å². The van der Waals surface area contributed by atoms with Gasteiger partial charge in [0.1, 0.15) is 11.6 Å². The number of pyridine rings is 2. The highest BCUT2D eigenvalue weighted by atomic mass is 19.1. The van der Waals surface area contributed by atoms with Crippen molar-refractivity contribution in [1.82, 2.24) is 15.3 Å². The van der Waals surface area contributed by atoms with Crippen molar-refractivity contribution in [3.8, 4) is 6.07 Å². The molecule has 9 heteroatoms. The molecule has 2 aromatic carbocycles. The van der Waals surface area contributed by atoms with Gasteiger partial charge in [-0.1, -0.05) is 12.1 Å². The summed E-state index contributed by atoms with van der Waals surface area (Å²) in [4.78, 5) is 20.5. The number of hydrogen-bond donors (Lipinski definition) is 3. The number of primary amides is 1. The monoisotopic (exact) mass is 500 g/mol. The maximum absolute atomic E-state index is 13.6. The number of nitrogens with zero attached hydrogens (tertiary/aromatic N) is 3. The summed E-state index contributed by atoms with van der Waals surface area (Å²) in [6, 6.07) is 13.9. The lowest BCUT2D eigenvalue weighted by molar-refractivity contribution is 0.100. The molecule has 4 rings (SSSR count). The Hall–Kier alpha value is -4.13. The van der Waals surface area contributed by atoms with Crippen LogP contribution in [-0.2, 0) is 17.7 Å². The van der Waals surface area contributed by atoms with Crippen molar-refractivity contribution < 1.29 is 13.9 Å². The largest absolute Gasteiger partial charge is 0.380 e. The Kier molecular flexibility index (Phi) is 8.92. The van der Waals surface area contributed by atoms with Crippen LogP contribution in [0, 0.1) is 17.1 Å². The summed E-state index contributed by atoms with van der Waals surface area (Å²) >= 11 is 0. The summed E-state index contributed by atoms with van der Waals surface area (Å²) in [7, 11) is 0. The standard InChI is InChI=1S/C28H29FN6O2/c29-22-14-19(5-7-30)13-20(15-22)17-32-8-1-2-11-37-12-10-34-28-24-6-9-33-18-25(24)23-4-3-21(27(31)36)16-26(23)35-28/h3-4,6,9,13-16,18,32H,1-2,5,8,10-12,17H2,(H2,31,36)(H,34,35). The highest BCUT2D eigenvalue weighted by Gasteiger charge is 2.10. The van der Waals surface area contributed by atoms with Crippen LogP contribution < -0.4 is 16.4 Å². The molecule has 0 radical (unpaired) electrons. The lowest BCUT2D eigenvalue weighted by Crippen LogP contribution is -2.16. The van der Waals surface area contributed by atoms with E-state index in [1.807, 2.05) is 24.3 Å². The molecule has 0 saturated heterocycles. The first-order valence-corrected chi connectivity index (χ1v) is 12.2. The van der Waals surface area contributed by atoms with Crippen molar-refractivity contribution in [3.63, 3.8) is 0 Å². The van der Waals surface area contributed by atoms with Crippen molar-refractivity contribution in [2.45, 2.75) is 25.8 Å². The predicted molar refractivity (Wildman–Crippen MR) is 142 cm³/mol. The number of nitrogens with one attached hydrogen (secondary N) is 2. The van der Waals surface area contributed by atoms with Gasteiger partial charge in [0.15, 0.2) is 0 Å². The number of ether oxygens (including phenoxy) is 1. The molecule has 0 bridgehead atoms. The first-order valence-electron chi connectivity index (χ1n) is 12.2. The minimum Gasteiger partial charge on any atom is -0.380 e. The number of nitriles is 1.